The van der Waals surface area contributed by atoms with E-state index in [0.717, 1.165) is 35.3 Å². The molecule has 3 rings (SSSR count). The Kier molecular flexibility index (Phi) is 5.52. The van der Waals surface area contributed by atoms with Crippen LogP contribution < -0.4 is 5.46 Å². The molecule has 5 heteroatoms. The Hall–Kier alpha value is -2.14. The van der Waals surface area contributed by atoms with Crippen LogP contribution in [-0.4, -0.2) is 27.5 Å². The number of benzene rings is 1. The van der Waals surface area contributed by atoms with Crippen LogP contribution in [0.4, 0.5) is 0 Å². The highest BCUT2D eigenvalue weighted by Crippen LogP contribution is 2.22. The second kappa shape index (κ2) is 7.60. The summed E-state index contributed by atoms with van der Waals surface area (Å²) in [6.07, 6.45) is 10.4. The molecule has 4 nitrogen and oxygen atoms in total. The van der Waals surface area contributed by atoms with E-state index in [4.69, 9.17) is 5.02 Å². The molecule has 0 spiro atoms. The highest BCUT2D eigenvalue weighted by Gasteiger charge is 2.10. The Morgan fingerprint density at radius 2 is 1.90 bits per heavy atom. The summed E-state index contributed by atoms with van der Waals surface area (Å²) in [5, 5.41) is 17.2. The number of rotatable bonds is 3. The summed E-state index contributed by atoms with van der Waals surface area (Å²) >= 11 is 0. The Morgan fingerprint density at radius 1 is 1.14 bits per heavy atom. The first-order valence-electron chi connectivity index (χ1n) is 7.36. The largest absolute Gasteiger partial charge is 0.449 e. The van der Waals surface area contributed by atoms with Crippen LogP contribution in [0.25, 0.3) is 11.3 Å². The monoisotopic (exact) mass is 281 g/mol. The summed E-state index contributed by atoms with van der Waals surface area (Å²) in [6, 6.07) is 7.67. The molecular formula is C16H20BN3O. The zero-order valence-electron chi connectivity index (χ0n) is 12.5. The van der Waals surface area contributed by atoms with E-state index in [1.807, 2.05) is 42.8 Å². The van der Waals surface area contributed by atoms with Crippen molar-refractivity contribution in [3.63, 3.8) is 0 Å². The molecule has 1 N–H and O–H groups in total. The minimum Gasteiger partial charge on any atom is -0.449 e. The third kappa shape index (κ3) is 3.50. The van der Waals surface area contributed by atoms with E-state index < -0.39 is 0 Å². The van der Waals surface area contributed by atoms with Gasteiger partial charge in [-0.25, -0.2) is 4.68 Å². The molecule has 0 amide bonds. The molecule has 2 aromatic rings. The van der Waals surface area contributed by atoms with Crippen LogP contribution in [0, 0.1) is 0 Å². The van der Waals surface area contributed by atoms with Crippen molar-refractivity contribution in [1.29, 1.82) is 0 Å². The normalized spacial score (nSPS) is 13.2. The number of hydrogen-bond acceptors (Lipinski definition) is 3. The number of hydrogen-bond donors (Lipinski definition) is 1. The molecule has 0 atom stereocenters. The molecule has 0 fully saturated rings. The van der Waals surface area contributed by atoms with E-state index >= 15 is 0 Å². The summed E-state index contributed by atoms with van der Waals surface area (Å²) in [4.78, 5) is 0. The second-order valence-corrected chi connectivity index (χ2v) is 4.49. The van der Waals surface area contributed by atoms with Crippen LogP contribution >= 0.6 is 0 Å². The quantitative estimate of drug-likeness (QED) is 0.875. The molecular weight excluding hydrogens is 261 g/mol. The minimum atomic E-state index is 0.0540. The SMILES string of the molecule is CC.OBc1ccc(-n2nncc2C2=CCCC=C2)cc1. The van der Waals surface area contributed by atoms with Crippen LogP contribution in [0.3, 0.4) is 0 Å². The van der Waals surface area contributed by atoms with Crippen LogP contribution in [0.2, 0.25) is 0 Å². The van der Waals surface area contributed by atoms with Crippen molar-refractivity contribution in [2.45, 2.75) is 26.7 Å². The summed E-state index contributed by atoms with van der Waals surface area (Å²) in [5.41, 5.74) is 3.99. The van der Waals surface area contributed by atoms with Crippen LogP contribution in [0.15, 0.2) is 48.7 Å². The van der Waals surface area contributed by atoms with Gasteiger partial charge in [-0.05, 0) is 30.5 Å². The van der Waals surface area contributed by atoms with Gasteiger partial charge < -0.3 is 5.02 Å². The third-order valence-corrected chi connectivity index (χ3v) is 3.20. The zero-order valence-corrected chi connectivity index (χ0v) is 12.5. The van der Waals surface area contributed by atoms with E-state index in [2.05, 4.69) is 28.5 Å². The van der Waals surface area contributed by atoms with Gasteiger partial charge in [0.05, 0.1) is 17.6 Å². The van der Waals surface area contributed by atoms with Gasteiger partial charge in [-0.3, -0.25) is 0 Å². The van der Waals surface area contributed by atoms with Gasteiger partial charge in [-0.15, -0.1) is 5.10 Å². The van der Waals surface area contributed by atoms with Crippen LogP contribution in [-0.2, 0) is 0 Å². The van der Waals surface area contributed by atoms with Gasteiger partial charge in [0, 0.05) is 0 Å². The lowest BCUT2D eigenvalue weighted by molar-refractivity contribution is 0.615. The molecule has 1 aromatic heterocycles. The van der Waals surface area contributed by atoms with Crippen molar-refractivity contribution in [3.8, 4) is 5.69 Å². The molecule has 0 unspecified atom stereocenters. The van der Waals surface area contributed by atoms with Crippen molar-refractivity contribution in [3.05, 3.63) is 54.4 Å². The molecule has 1 aliphatic rings. The Balaban J connectivity index is 0.000000774. The predicted octanol–water partition coefficient (Wildman–Crippen LogP) is 2.00. The maximum absolute atomic E-state index is 9.06. The minimum absolute atomic E-state index is 0.0540. The van der Waals surface area contributed by atoms with E-state index in [1.54, 1.807) is 6.20 Å². The lowest BCUT2D eigenvalue weighted by Crippen LogP contribution is -2.13. The first-order chi connectivity index (χ1) is 10.4. The standard InChI is InChI=1S/C14H14BN3O.C2H6/c19-15-12-6-8-13(9-7-12)18-14(10-16-17-18)11-4-2-1-3-5-11;1-2/h2,4-10,15,19H,1,3H2;1-2H3. The molecule has 0 bridgehead atoms. The van der Waals surface area contributed by atoms with Crippen molar-refractivity contribution in [2.24, 2.45) is 0 Å². The predicted molar refractivity (Wildman–Crippen MR) is 88.1 cm³/mol. The van der Waals surface area contributed by atoms with Crippen LogP contribution in [0.5, 0.6) is 0 Å². The van der Waals surface area contributed by atoms with Crippen molar-refractivity contribution in [2.75, 3.05) is 0 Å². The lowest BCUT2D eigenvalue weighted by Gasteiger charge is -2.09. The molecule has 0 aliphatic heterocycles. The maximum atomic E-state index is 9.06. The topological polar surface area (TPSA) is 50.9 Å². The number of allylic oxidation sites excluding steroid dienone is 4. The average molecular weight is 281 g/mol. The highest BCUT2D eigenvalue weighted by molar-refractivity contribution is 6.45. The molecule has 1 aromatic carbocycles. The van der Waals surface area contributed by atoms with Gasteiger partial charge in [-0.2, -0.15) is 0 Å². The van der Waals surface area contributed by atoms with Gasteiger partial charge in [-0.1, -0.05) is 54.9 Å². The first kappa shape index (κ1) is 15.3. The molecule has 0 radical (unpaired) electrons. The summed E-state index contributed by atoms with van der Waals surface area (Å²) in [6.45, 7) is 4.00. The van der Waals surface area contributed by atoms with E-state index in [0.29, 0.717) is 0 Å². The third-order valence-electron chi connectivity index (χ3n) is 3.20. The fourth-order valence-corrected chi connectivity index (χ4v) is 2.17. The molecule has 1 heterocycles. The van der Waals surface area contributed by atoms with Gasteiger partial charge in [0.25, 0.3) is 0 Å². The summed E-state index contributed by atoms with van der Waals surface area (Å²) < 4.78 is 1.82. The molecule has 0 saturated carbocycles. The fourth-order valence-electron chi connectivity index (χ4n) is 2.17. The van der Waals surface area contributed by atoms with Crippen molar-refractivity contribution in [1.82, 2.24) is 15.0 Å². The summed E-state index contributed by atoms with van der Waals surface area (Å²) in [7, 11) is 0.0540. The maximum Gasteiger partial charge on any atom is 0.304 e. The van der Waals surface area contributed by atoms with Crippen molar-refractivity contribution >= 4 is 18.5 Å². The fraction of sp³-hybridized carbons (Fsp3) is 0.250. The zero-order chi connectivity index (χ0) is 15.1. The average Bonchev–Trinajstić information content (AvgIpc) is 3.07. The molecule has 1 aliphatic carbocycles. The second-order valence-electron chi connectivity index (χ2n) is 4.49. The highest BCUT2D eigenvalue weighted by atomic mass is 16.2. The number of aromatic nitrogens is 3. The molecule has 0 saturated heterocycles. The smallest absolute Gasteiger partial charge is 0.304 e. The van der Waals surface area contributed by atoms with Gasteiger partial charge >= 0.3 is 7.48 Å². The molecule has 108 valence electrons. The van der Waals surface area contributed by atoms with E-state index in [9.17, 15) is 0 Å². The lowest BCUT2D eigenvalue weighted by atomic mass is 9.89. The van der Waals surface area contributed by atoms with Gasteiger partial charge in [0.1, 0.15) is 0 Å². The Morgan fingerprint density at radius 3 is 2.52 bits per heavy atom. The first-order valence-corrected chi connectivity index (χ1v) is 7.36. The van der Waals surface area contributed by atoms with E-state index in [1.165, 1.54) is 0 Å². The van der Waals surface area contributed by atoms with Gasteiger partial charge in [0.15, 0.2) is 0 Å². The summed E-state index contributed by atoms with van der Waals surface area (Å²) in [5.74, 6) is 0. The van der Waals surface area contributed by atoms with Crippen molar-refractivity contribution < 1.29 is 5.02 Å². The van der Waals surface area contributed by atoms with E-state index in [-0.39, 0.29) is 7.48 Å². The number of nitrogens with zero attached hydrogens (tertiary/aromatic N) is 3. The Bertz CT molecular complexity index is 629. The molecule has 21 heavy (non-hydrogen) atoms. The van der Waals surface area contributed by atoms with Crippen LogP contribution in [0.1, 0.15) is 32.4 Å². The van der Waals surface area contributed by atoms with Gasteiger partial charge in [0.2, 0.25) is 0 Å². The Labute approximate surface area is 126 Å².